The van der Waals surface area contributed by atoms with Gasteiger partial charge in [0, 0.05) is 18.7 Å². The minimum atomic E-state index is -3.57. The molecule has 0 radical (unpaired) electrons. The third-order valence-corrected chi connectivity index (χ3v) is 6.96. The Morgan fingerprint density at radius 3 is 2.68 bits per heavy atom. The van der Waals surface area contributed by atoms with Gasteiger partial charge < -0.3 is 4.52 Å². The van der Waals surface area contributed by atoms with E-state index in [1.807, 2.05) is 0 Å². The average molecular weight is 405 g/mol. The predicted molar refractivity (Wildman–Crippen MR) is 98.5 cm³/mol. The summed E-state index contributed by atoms with van der Waals surface area (Å²) >= 11 is 0. The third-order valence-electron chi connectivity index (χ3n) is 4.81. The van der Waals surface area contributed by atoms with Crippen LogP contribution in [0.2, 0.25) is 0 Å². The molecule has 0 unspecified atom stereocenters. The van der Waals surface area contributed by atoms with Crippen LogP contribution in [0.5, 0.6) is 0 Å². The molecule has 4 rings (SSSR count). The number of hydrogen-bond donors (Lipinski definition) is 0. The quantitative estimate of drug-likeness (QED) is 0.647. The van der Waals surface area contributed by atoms with Gasteiger partial charge in [-0.2, -0.15) is 14.4 Å². The van der Waals surface area contributed by atoms with Crippen molar-refractivity contribution < 1.29 is 17.3 Å². The van der Waals surface area contributed by atoms with Gasteiger partial charge in [-0.3, -0.25) is 4.68 Å². The fourth-order valence-electron chi connectivity index (χ4n) is 3.46. The standard InChI is InChI=1S/C18H20FN5O3S/c1-12-17(28(25,26)23-8-3-4-9-23)13(2)24(21-12)11-16-20-18(27-22-16)14-6-5-7-15(19)10-14/h5-7,10H,3-4,8-9,11H2,1-2H3. The number of nitrogens with zero attached hydrogens (tertiary/aromatic N) is 5. The summed E-state index contributed by atoms with van der Waals surface area (Å²) in [6.07, 6.45) is 1.74. The van der Waals surface area contributed by atoms with Crippen molar-refractivity contribution in [2.24, 2.45) is 0 Å². The van der Waals surface area contributed by atoms with Gasteiger partial charge in [0.15, 0.2) is 5.82 Å². The summed E-state index contributed by atoms with van der Waals surface area (Å²) in [5, 5.41) is 8.28. The van der Waals surface area contributed by atoms with Gasteiger partial charge >= 0.3 is 0 Å². The largest absolute Gasteiger partial charge is 0.334 e. The highest BCUT2D eigenvalue weighted by atomic mass is 32.2. The SMILES string of the molecule is Cc1nn(Cc2noc(-c3cccc(F)c3)n2)c(C)c1S(=O)(=O)N1CCCC1. The molecule has 1 aliphatic heterocycles. The van der Waals surface area contributed by atoms with E-state index in [9.17, 15) is 12.8 Å². The number of rotatable bonds is 5. The van der Waals surface area contributed by atoms with Crippen LogP contribution in [-0.4, -0.2) is 45.7 Å². The van der Waals surface area contributed by atoms with Crippen molar-refractivity contribution in [3.05, 3.63) is 47.3 Å². The van der Waals surface area contributed by atoms with Gasteiger partial charge in [0.05, 0.1) is 11.4 Å². The Bertz CT molecular complexity index is 1120. The highest BCUT2D eigenvalue weighted by molar-refractivity contribution is 7.89. The molecular weight excluding hydrogens is 385 g/mol. The Morgan fingerprint density at radius 1 is 1.21 bits per heavy atom. The number of sulfonamides is 1. The zero-order valence-corrected chi connectivity index (χ0v) is 16.4. The first-order valence-corrected chi connectivity index (χ1v) is 10.4. The third kappa shape index (κ3) is 3.33. The Hall–Kier alpha value is -2.59. The summed E-state index contributed by atoms with van der Waals surface area (Å²) in [6, 6.07) is 5.87. The van der Waals surface area contributed by atoms with Crippen LogP contribution in [0.3, 0.4) is 0 Å². The van der Waals surface area contributed by atoms with Gasteiger partial charge in [0.2, 0.25) is 10.0 Å². The highest BCUT2D eigenvalue weighted by Gasteiger charge is 2.32. The maximum atomic E-state index is 13.4. The van der Waals surface area contributed by atoms with Gasteiger partial charge in [-0.15, -0.1) is 0 Å². The summed E-state index contributed by atoms with van der Waals surface area (Å²) in [6.45, 7) is 4.63. The van der Waals surface area contributed by atoms with E-state index in [2.05, 4.69) is 15.2 Å². The fourth-order valence-corrected chi connectivity index (χ4v) is 5.35. The summed E-state index contributed by atoms with van der Waals surface area (Å²) in [5.41, 5.74) is 1.45. The van der Waals surface area contributed by atoms with Crippen LogP contribution in [0.15, 0.2) is 33.7 Å². The number of benzene rings is 1. The second kappa shape index (κ2) is 7.10. The van der Waals surface area contributed by atoms with E-state index in [0.717, 1.165) is 12.8 Å². The predicted octanol–water partition coefficient (Wildman–Crippen LogP) is 2.52. The molecule has 3 heterocycles. The van der Waals surface area contributed by atoms with E-state index in [4.69, 9.17) is 4.52 Å². The highest BCUT2D eigenvalue weighted by Crippen LogP contribution is 2.27. The summed E-state index contributed by atoms with van der Waals surface area (Å²) < 4.78 is 47.5. The van der Waals surface area contributed by atoms with E-state index in [1.54, 1.807) is 30.7 Å². The zero-order valence-electron chi connectivity index (χ0n) is 15.6. The molecule has 28 heavy (non-hydrogen) atoms. The second-order valence-corrected chi connectivity index (χ2v) is 8.67. The van der Waals surface area contributed by atoms with Crippen LogP contribution in [0, 0.1) is 19.7 Å². The lowest BCUT2D eigenvalue weighted by atomic mass is 10.2. The van der Waals surface area contributed by atoms with Gasteiger partial charge in [0.25, 0.3) is 5.89 Å². The van der Waals surface area contributed by atoms with Crippen molar-refractivity contribution in [1.82, 2.24) is 24.2 Å². The molecule has 3 aromatic rings. The van der Waals surface area contributed by atoms with Crippen LogP contribution < -0.4 is 0 Å². The van der Waals surface area contributed by atoms with Crippen LogP contribution in [0.25, 0.3) is 11.5 Å². The molecule has 0 amide bonds. The lowest BCUT2D eigenvalue weighted by Crippen LogP contribution is -2.28. The minimum absolute atomic E-state index is 0.154. The average Bonchev–Trinajstić information content (AvgIpc) is 3.37. The Labute approximate surface area is 162 Å². The smallest absolute Gasteiger partial charge is 0.258 e. The van der Waals surface area contributed by atoms with Crippen molar-refractivity contribution in [2.45, 2.75) is 38.1 Å². The van der Waals surface area contributed by atoms with Crippen molar-refractivity contribution in [3.8, 4) is 11.5 Å². The molecule has 0 N–H and O–H groups in total. The molecule has 148 valence electrons. The van der Waals surface area contributed by atoms with Crippen LogP contribution in [-0.2, 0) is 16.6 Å². The molecule has 1 fully saturated rings. The molecule has 10 heteroatoms. The molecule has 0 bridgehead atoms. The molecule has 0 aliphatic carbocycles. The molecule has 0 spiro atoms. The Kier molecular flexibility index (Phi) is 4.76. The van der Waals surface area contributed by atoms with Crippen molar-refractivity contribution in [2.75, 3.05) is 13.1 Å². The van der Waals surface area contributed by atoms with E-state index >= 15 is 0 Å². The topological polar surface area (TPSA) is 94.1 Å². The molecule has 2 aromatic heterocycles. The summed E-state index contributed by atoms with van der Waals surface area (Å²) in [5.74, 6) is 0.128. The fraction of sp³-hybridized carbons (Fsp3) is 0.389. The maximum Gasteiger partial charge on any atom is 0.258 e. The minimum Gasteiger partial charge on any atom is -0.334 e. The number of halogens is 1. The Balaban J connectivity index is 1.62. The second-order valence-electron chi connectivity index (χ2n) is 6.79. The molecular formula is C18H20FN5O3S. The monoisotopic (exact) mass is 405 g/mol. The van der Waals surface area contributed by atoms with Crippen molar-refractivity contribution >= 4 is 10.0 Å². The number of hydrogen-bond acceptors (Lipinski definition) is 6. The van der Waals surface area contributed by atoms with E-state index in [0.29, 0.717) is 35.9 Å². The van der Waals surface area contributed by atoms with E-state index in [1.165, 1.54) is 16.4 Å². The molecule has 1 aliphatic rings. The molecule has 1 saturated heterocycles. The van der Waals surface area contributed by atoms with Crippen molar-refractivity contribution in [1.29, 1.82) is 0 Å². The first-order valence-electron chi connectivity index (χ1n) is 8.99. The van der Waals surface area contributed by atoms with Gasteiger partial charge in [-0.05, 0) is 44.9 Å². The van der Waals surface area contributed by atoms with E-state index in [-0.39, 0.29) is 17.3 Å². The molecule has 0 atom stereocenters. The molecule has 0 saturated carbocycles. The number of aromatic nitrogens is 4. The first kappa shape index (κ1) is 18.8. The van der Waals surface area contributed by atoms with Crippen molar-refractivity contribution in [3.63, 3.8) is 0 Å². The summed E-state index contributed by atoms with van der Waals surface area (Å²) in [7, 11) is -3.57. The lowest BCUT2D eigenvalue weighted by molar-refractivity contribution is 0.418. The van der Waals surface area contributed by atoms with Crippen LogP contribution in [0.1, 0.15) is 30.1 Å². The first-order chi connectivity index (χ1) is 13.4. The lowest BCUT2D eigenvalue weighted by Gasteiger charge is -2.15. The number of aryl methyl sites for hydroxylation is 1. The van der Waals surface area contributed by atoms with E-state index < -0.39 is 15.8 Å². The normalized spacial score (nSPS) is 15.4. The van der Waals surface area contributed by atoms with Gasteiger partial charge in [0.1, 0.15) is 17.3 Å². The van der Waals surface area contributed by atoms with Crippen LogP contribution in [0.4, 0.5) is 4.39 Å². The maximum absolute atomic E-state index is 13.4. The van der Waals surface area contributed by atoms with Crippen LogP contribution >= 0.6 is 0 Å². The summed E-state index contributed by atoms with van der Waals surface area (Å²) in [4.78, 5) is 4.51. The molecule has 8 nitrogen and oxygen atoms in total. The van der Waals surface area contributed by atoms with Gasteiger partial charge in [-0.1, -0.05) is 11.2 Å². The Morgan fingerprint density at radius 2 is 1.96 bits per heavy atom. The molecule has 1 aromatic carbocycles. The zero-order chi connectivity index (χ0) is 19.9. The van der Waals surface area contributed by atoms with Gasteiger partial charge in [-0.25, -0.2) is 12.8 Å².